The fourth-order valence-electron chi connectivity index (χ4n) is 2.74. The van der Waals surface area contributed by atoms with Crippen LogP contribution in [0.4, 0.5) is 16.2 Å². The van der Waals surface area contributed by atoms with E-state index in [2.05, 4.69) is 0 Å². The zero-order chi connectivity index (χ0) is 13.2. The molecule has 3 rings (SSSR count). The maximum atomic E-state index is 12.4. The smallest absolute Gasteiger partial charge is 0.324 e. The molecule has 1 aromatic carbocycles. The van der Waals surface area contributed by atoms with Gasteiger partial charge in [-0.2, -0.15) is 0 Å². The van der Waals surface area contributed by atoms with Crippen LogP contribution in [0.15, 0.2) is 24.3 Å². The third-order valence-electron chi connectivity index (χ3n) is 3.77. The van der Waals surface area contributed by atoms with Crippen molar-refractivity contribution in [3.05, 3.63) is 24.3 Å². The molecule has 0 saturated carbocycles. The molecule has 2 heterocycles. The van der Waals surface area contributed by atoms with Crippen LogP contribution in [-0.2, 0) is 4.74 Å². The topological polar surface area (TPSA) is 58.8 Å². The van der Waals surface area contributed by atoms with E-state index in [4.69, 9.17) is 10.5 Å². The molecule has 2 aliphatic rings. The van der Waals surface area contributed by atoms with Gasteiger partial charge in [-0.25, -0.2) is 4.79 Å². The minimum Gasteiger partial charge on any atom is -0.397 e. The number of benzene rings is 1. The van der Waals surface area contributed by atoms with Gasteiger partial charge in [0.15, 0.2) is 0 Å². The van der Waals surface area contributed by atoms with Crippen LogP contribution in [0.25, 0.3) is 0 Å². The Morgan fingerprint density at radius 3 is 2.89 bits per heavy atom. The van der Waals surface area contributed by atoms with Crippen LogP contribution in [0.3, 0.4) is 0 Å². The van der Waals surface area contributed by atoms with Gasteiger partial charge >= 0.3 is 6.03 Å². The van der Waals surface area contributed by atoms with Gasteiger partial charge in [-0.3, -0.25) is 4.90 Å². The molecule has 0 radical (unpaired) electrons. The summed E-state index contributed by atoms with van der Waals surface area (Å²) < 4.78 is 5.59. The molecule has 2 fully saturated rings. The summed E-state index contributed by atoms with van der Waals surface area (Å²) in [6.07, 6.45) is 2.36. The number of anilines is 2. The summed E-state index contributed by atoms with van der Waals surface area (Å²) in [5, 5.41) is 0. The van der Waals surface area contributed by atoms with Crippen LogP contribution in [0.2, 0.25) is 0 Å². The number of ether oxygens (including phenoxy) is 1. The fourth-order valence-corrected chi connectivity index (χ4v) is 2.74. The van der Waals surface area contributed by atoms with Gasteiger partial charge in [-0.05, 0) is 25.0 Å². The van der Waals surface area contributed by atoms with Crippen LogP contribution in [-0.4, -0.2) is 43.3 Å². The van der Waals surface area contributed by atoms with Crippen molar-refractivity contribution in [1.82, 2.24) is 4.90 Å². The van der Waals surface area contributed by atoms with Crippen molar-refractivity contribution in [2.45, 2.75) is 18.9 Å². The molecule has 0 aliphatic carbocycles. The first-order valence-corrected chi connectivity index (χ1v) is 6.78. The summed E-state index contributed by atoms with van der Waals surface area (Å²) >= 11 is 0. The predicted molar refractivity (Wildman–Crippen MR) is 74.1 cm³/mol. The van der Waals surface area contributed by atoms with Crippen molar-refractivity contribution in [3.63, 3.8) is 0 Å². The van der Waals surface area contributed by atoms with Gasteiger partial charge in [-0.15, -0.1) is 0 Å². The van der Waals surface area contributed by atoms with Gasteiger partial charge in [0.2, 0.25) is 0 Å². The Morgan fingerprint density at radius 1 is 1.32 bits per heavy atom. The monoisotopic (exact) mass is 261 g/mol. The van der Waals surface area contributed by atoms with Crippen molar-refractivity contribution in [1.29, 1.82) is 0 Å². The van der Waals surface area contributed by atoms with E-state index < -0.39 is 0 Å². The second kappa shape index (κ2) is 5.09. The summed E-state index contributed by atoms with van der Waals surface area (Å²) in [5.74, 6) is 0. The third-order valence-corrected chi connectivity index (χ3v) is 3.77. The third kappa shape index (κ3) is 2.38. The Kier molecular flexibility index (Phi) is 3.29. The molecule has 0 aromatic heterocycles. The Bertz CT molecular complexity index is 472. The van der Waals surface area contributed by atoms with Gasteiger partial charge in [0.05, 0.1) is 17.5 Å². The Labute approximate surface area is 112 Å². The maximum absolute atomic E-state index is 12.4. The van der Waals surface area contributed by atoms with E-state index in [0.29, 0.717) is 18.8 Å². The van der Waals surface area contributed by atoms with E-state index in [1.165, 1.54) is 0 Å². The maximum Gasteiger partial charge on any atom is 0.324 e. The van der Waals surface area contributed by atoms with Crippen LogP contribution in [0.5, 0.6) is 0 Å². The summed E-state index contributed by atoms with van der Waals surface area (Å²) in [6.45, 7) is 2.96. The van der Waals surface area contributed by atoms with E-state index in [9.17, 15) is 4.79 Å². The van der Waals surface area contributed by atoms with Crippen molar-refractivity contribution in [2.24, 2.45) is 0 Å². The standard InChI is InChI=1S/C14H19N3O2/c15-12-5-1-2-6-13(12)17-8-7-16(14(17)18)10-11-4-3-9-19-11/h1-2,5-6,11H,3-4,7-10,15H2. The second-order valence-corrected chi connectivity index (χ2v) is 5.07. The van der Waals surface area contributed by atoms with Crippen molar-refractivity contribution in [3.8, 4) is 0 Å². The highest BCUT2D eigenvalue weighted by Gasteiger charge is 2.32. The summed E-state index contributed by atoms with van der Waals surface area (Å²) in [4.78, 5) is 16.0. The van der Waals surface area contributed by atoms with E-state index in [1.54, 1.807) is 4.90 Å². The molecule has 0 bridgehead atoms. The molecule has 2 amide bonds. The Hall–Kier alpha value is -1.75. The second-order valence-electron chi connectivity index (χ2n) is 5.07. The SMILES string of the molecule is Nc1ccccc1N1CCN(CC2CCCO2)C1=O. The molecule has 2 saturated heterocycles. The van der Waals surface area contributed by atoms with Crippen LogP contribution < -0.4 is 10.6 Å². The Balaban J connectivity index is 1.69. The summed E-state index contributed by atoms with van der Waals surface area (Å²) in [6, 6.07) is 7.53. The number of amides is 2. The first kappa shape index (κ1) is 12.3. The number of hydrogen-bond donors (Lipinski definition) is 1. The van der Waals surface area contributed by atoms with Crippen LogP contribution in [0.1, 0.15) is 12.8 Å². The number of urea groups is 1. The average Bonchev–Trinajstić information content (AvgIpc) is 3.03. The molecule has 5 nitrogen and oxygen atoms in total. The van der Waals surface area contributed by atoms with Gasteiger partial charge in [0, 0.05) is 26.2 Å². The molecule has 2 aliphatic heterocycles. The molecule has 19 heavy (non-hydrogen) atoms. The molecule has 2 N–H and O–H groups in total. The number of nitrogens with zero attached hydrogens (tertiary/aromatic N) is 2. The number of para-hydroxylation sites is 2. The van der Waals surface area contributed by atoms with E-state index >= 15 is 0 Å². The first-order valence-electron chi connectivity index (χ1n) is 6.78. The number of rotatable bonds is 3. The predicted octanol–water partition coefficient (Wildman–Crippen LogP) is 1.69. The van der Waals surface area contributed by atoms with E-state index in [-0.39, 0.29) is 12.1 Å². The molecule has 102 valence electrons. The fraction of sp³-hybridized carbons (Fsp3) is 0.500. The van der Waals surface area contributed by atoms with Gasteiger partial charge in [0.25, 0.3) is 0 Å². The van der Waals surface area contributed by atoms with Crippen molar-refractivity contribution < 1.29 is 9.53 Å². The minimum atomic E-state index is 0.0356. The van der Waals surface area contributed by atoms with E-state index in [0.717, 1.165) is 31.7 Å². The lowest BCUT2D eigenvalue weighted by Gasteiger charge is -2.21. The molecule has 5 heteroatoms. The Morgan fingerprint density at radius 2 is 2.16 bits per heavy atom. The zero-order valence-electron chi connectivity index (χ0n) is 10.9. The number of nitrogen functional groups attached to an aromatic ring is 1. The van der Waals surface area contributed by atoms with E-state index in [1.807, 2.05) is 29.2 Å². The normalized spacial score (nSPS) is 23.4. The summed E-state index contributed by atoms with van der Waals surface area (Å²) in [5.41, 5.74) is 7.39. The van der Waals surface area contributed by atoms with Crippen molar-refractivity contribution >= 4 is 17.4 Å². The number of carbonyl (C=O) groups excluding carboxylic acids is 1. The van der Waals surface area contributed by atoms with Crippen LogP contribution in [0, 0.1) is 0 Å². The molecular formula is C14H19N3O2. The number of hydrogen-bond acceptors (Lipinski definition) is 3. The molecule has 1 unspecified atom stereocenters. The number of carbonyl (C=O) groups is 1. The largest absolute Gasteiger partial charge is 0.397 e. The highest BCUT2D eigenvalue weighted by Crippen LogP contribution is 2.27. The van der Waals surface area contributed by atoms with Gasteiger partial charge < -0.3 is 15.4 Å². The van der Waals surface area contributed by atoms with Gasteiger partial charge in [-0.1, -0.05) is 12.1 Å². The zero-order valence-corrected chi connectivity index (χ0v) is 10.9. The first-order chi connectivity index (χ1) is 9.25. The lowest BCUT2D eigenvalue weighted by Crippen LogP contribution is -2.36. The minimum absolute atomic E-state index is 0.0356. The molecular weight excluding hydrogens is 242 g/mol. The molecule has 1 aromatic rings. The number of nitrogens with two attached hydrogens (primary N) is 1. The van der Waals surface area contributed by atoms with Crippen LogP contribution >= 0.6 is 0 Å². The average molecular weight is 261 g/mol. The summed E-state index contributed by atoms with van der Waals surface area (Å²) in [7, 11) is 0. The lowest BCUT2D eigenvalue weighted by atomic mass is 10.2. The quantitative estimate of drug-likeness (QED) is 0.842. The highest BCUT2D eigenvalue weighted by molar-refractivity contribution is 5.97. The van der Waals surface area contributed by atoms with Gasteiger partial charge in [0.1, 0.15) is 0 Å². The lowest BCUT2D eigenvalue weighted by molar-refractivity contribution is 0.0874. The highest BCUT2D eigenvalue weighted by atomic mass is 16.5. The molecule has 0 spiro atoms. The molecule has 1 atom stereocenters. The van der Waals surface area contributed by atoms with Crippen molar-refractivity contribution in [2.75, 3.05) is 36.9 Å².